The summed E-state index contributed by atoms with van der Waals surface area (Å²) in [6, 6.07) is 13.0. The van der Waals surface area contributed by atoms with Gasteiger partial charge in [0.25, 0.3) is 0 Å². The van der Waals surface area contributed by atoms with E-state index in [2.05, 4.69) is 47.4 Å². The van der Waals surface area contributed by atoms with Crippen LogP contribution in [0.5, 0.6) is 11.5 Å². The van der Waals surface area contributed by atoms with E-state index in [-0.39, 0.29) is 18.3 Å². The van der Waals surface area contributed by atoms with Gasteiger partial charge in [-0.05, 0) is 53.2 Å². The number of amides is 1. The molecule has 0 saturated heterocycles. The molecule has 0 aliphatic heterocycles. The maximum absolute atomic E-state index is 12.4. The summed E-state index contributed by atoms with van der Waals surface area (Å²) in [5.41, 5.74) is 0.706. The van der Waals surface area contributed by atoms with Crippen molar-refractivity contribution in [3.63, 3.8) is 0 Å². The van der Waals surface area contributed by atoms with Gasteiger partial charge < -0.3 is 19.4 Å². The second-order valence-corrected chi connectivity index (χ2v) is 8.76. The molecule has 0 radical (unpaired) electrons. The lowest BCUT2D eigenvalue weighted by atomic mass is 10.3. The third-order valence-electron chi connectivity index (χ3n) is 4.07. The van der Waals surface area contributed by atoms with Crippen LogP contribution in [0, 0.1) is 0 Å². The Morgan fingerprint density at radius 3 is 2.67 bits per heavy atom. The van der Waals surface area contributed by atoms with Crippen molar-refractivity contribution in [2.75, 3.05) is 18.2 Å². The molecule has 1 N–H and O–H groups in total. The van der Waals surface area contributed by atoms with Crippen LogP contribution in [0.3, 0.4) is 0 Å². The van der Waals surface area contributed by atoms with E-state index in [1.165, 1.54) is 11.8 Å². The highest BCUT2D eigenvalue weighted by atomic mass is 79.9. The van der Waals surface area contributed by atoms with Gasteiger partial charge >= 0.3 is 0 Å². The molecule has 0 aliphatic rings. The first-order valence-corrected chi connectivity index (χ1v) is 11.6. The lowest BCUT2D eigenvalue weighted by molar-refractivity contribution is -0.113. The Bertz CT molecular complexity index is 1030. The minimum absolute atomic E-state index is 0.128. The molecule has 3 aromatic rings. The fourth-order valence-electron chi connectivity index (χ4n) is 2.64. The zero-order valence-corrected chi connectivity index (χ0v) is 20.4. The Kier molecular flexibility index (Phi) is 8.17. The standard InChI is InChI=1S/C20H20Br2N4O3S/c1-3-26-18(11-29-17-7-5-4-6-16(17)28-2)24-25-20(26)30-12-19(27)23-15-10-13(21)8-9-14(15)22/h4-10H,3,11-12H2,1-2H3,(H,23,27). The van der Waals surface area contributed by atoms with E-state index < -0.39 is 0 Å². The van der Waals surface area contributed by atoms with Crippen LogP contribution in [0.25, 0.3) is 0 Å². The van der Waals surface area contributed by atoms with Crippen LogP contribution in [-0.2, 0) is 17.9 Å². The number of hydrogen-bond acceptors (Lipinski definition) is 6. The zero-order chi connectivity index (χ0) is 21.5. The highest BCUT2D eigenvalue weighted by Crippen LogP contribution is 2.28. The molecule has 158 valence electrons. The fraction of sp³-hybridized carbons (Fsp3) is 0.250. The molecule has 2 aromatic carbocycles. The number of methoxy groups -OCH3 is 1. The van der Waals surface area contributed by atoms with Crippen LogP contribution in [0.15, 0.2) is 56.6 Å². The molecule has 1 heterocycles. The van der Waals surface area contributed by atoms with Crippen molar-refractivity contribution >= 4 is 55.2 Å². The summed E-state index contributed by atoms with van der Waals surface area (Å²) in [6.45, 7) is 2.91. The Morgan fingerprint density at radius 2 is 1.93 bits per heavy atom. The third kappa shape index (κ3) is 5.77. The Morgan fingerprint density at radius 1 is 1.17 bits per heavy atom. The van der Waals surface area contributed by atoms with Crippen LogP contribution < -0.4 is 14.8 Å². The van der Waals surface area contributed by atoms with Crippen molar-refractivity contribution in [3.8, 4) is 11.5 Å². The van der Waals surface area contributed by atoms with Gasteiger partial charge in [-0.1, -0.05) is 39.8 Å². The lowest BCUT2D eigenvalue weighted by Gasteiger charge is -2.11. The summed E-state index contributed by atoms with van der Waals surface area (Å²) in [4.78, 5) is 12.4. The number of carbonyl (C=O) groups excluding carboxylic acids is 1. The van der Waals surface area contributed by atoms with Gasteiger partial charge in [0.1, 0.15) is 6.61 Å². The van der Waals surface area contributed by atoms with Gasteiger partial charge in [0, 0.05) is 15.5 Å². The second-order valence-electron chi connectivity index (χ2n) is 6.04. The molecule has 1 aromatic heterocycles. The number of carbonyl (C=O) groups is 1. The number of halogens is 2. The van der Waals surface area contributed by atoms with E-state index in [0.29, 0.717) is 34.7 Å². The number of nitrogens with one attached hydrogen (secondary N) is 1. The van der Waals surface area contributed by atoms with Crippen molar-refractivity contribution in [2.45, 2.75) is 25.2 Å². The smallest absolute Gasteiger partial charge is 0.234 e. The Labute approximate surface area is 195 Å². The molecule has 0 aliphatic carbocycles. The molecular formula is C20H20Br2N4O3S. The summed E-state index contributed by atoms with van der Waals surface area (Å²) in [6.07, 6.45) is 0. The number of aromatic nitrogens is 3. The topological polar surface area (TPSA) is 78.3 Å². The minimum atomic E-state index is -0.128. The van der Waals surface area contributed by atoms with E-state index in [1.54, 1.807) is 7.11 Å². The highest BCUT2D eigenvalue weighted by Gasteiger charge is 2.15. The Hall–Kier alpha value is -2.04. The van der Waals surface area contributed by atoms with E-state index in [4.69, 9.17) is 9.47 Å². The summed E-state index contributed by atoms with van der Waals surface area (Å²) >= 11 is 8.17. The van der Waals surface area contributed by atoms with Gasteiger partial charge in [-0.2, -0.15) is 0 Å². The predicted octanol–water partition coefficient (Wildman–Crippen LogP) is 5.14. The van der Waals surface area contributed by atoms with Gasteiger partial charge in [0.2, 0.25) is 5.91 Å². The molecule has 0 atom stereocenters. The largest absolute Gasteiger partial charge is 0.493 e. The van der Waals surface area contributed by atoms with Crippen molar-refractivity contribution in [2.24, 2.45) is 0 Å². The zero-order valence-electron chi connectivity index (χ0n) is 16.4. The van der Waals surface area contributed by atoms with Crippen molar-refractivity contribution in [3.05, 3.63) is 57.2 Å². The van der Waals surface area contributed by atoms with Crippen LogP contribution in [-0.4, -0.2) is 33.5 Å². The van der Waals surface area contributed by atoms with Crippen LogP contribution in [0.1, 0.15) is 12.7 Å². The number of thioether (sulfide) groups is 1. The SMILES string of the molecule is CCn1c(COc2ccccc2OC)nnc1SCC(=O)Nc1cc(Br)ccc1Br. The molecular weight excluding hydrogens is 536 g/mol. The molecule has 0 bridgehead atoms. The highest BCUT2D eigenvalue weighted by molar-refractivity contribution is 9.11. The van der Waals surface area contributed by atoms with Gasteiger partial charge in [-0.15, -0.1) is 10.2 Å². The molecule has 0 spiro atoms. The van der Waals surface area contributed by atoms with Crippen LogP contribution in [0.4, 0.5) is 5.69 Å². The van der Waals surface area contributed by atoms with Crippen molar-refractivity contribution in [1.82, 2.24) is 14.8 Å². The number of benzene rings is 2. The van der Waals surface area contributed by atoms with Crippen LogP contribution >= 0.6 is 43.6 Å². The van der Waals surface area contributed by atoms with E-state index >= 15 is 0 Å². The first-order valence-electron chi connectivity index (χ1n) is 9.07. The molecule has 0 saturated carbocycles. The number of nitrogens with zero attached hydrogens (tertiary/aromatic N) is 3. The van der Waals surface area contributed by atoms with E-state index in [1.807, 2.05) is 54.0 Å². The summed E-state index contributed by atoms with van der Waals surface area (Å²) in [7, 11) is 1.60. The number of hydrogen-bond donors (Lipinski definition) is 1. The average Bonchev–Trinajstić information content (AvgIpc) is 3.15. The molecule has 0 fully saturated rings. The second kappa shape index (κ2) is 10.8. The minimum Gasteiger partial charge on any atom is -0.493 e. The number of para-hydroxylation sites is 2. The molecule has 10 heteroatoms. The number of ether oxygens (including phenoxy) is 2. The predicted molar refractivity (Wildman–Crippen MR) is 124 cm³/mol. The van der Waals surface area contributed by atoms with Gasteiger partial charge in [-0.25, -0.2) is 0 Å². The lowest BCUT2D eigenvalue weighted by Crippen LogP contribution is -2.15. The number of anilines is 1. The molecule has 30 heavy (non-hydrogen) atoms. The monoisotopic (exact) mass is 554 g/mol. The summed E-state index contributed by atoms with van der Waals surface area (Å²) in [5.74, 6) is 2.06. The van der Waals surface area contributed by atoms with Crippen molar-refractivity contribution < 1.29 is 14.3 Å². The maximum Gasteiger partial charge on any atom is 0.234 e. The molecule has 3 rings (SSSR count). The summed E-state index contributed by atoms with van der Waals surface area (Å²) in [5, 5.41) is 12.0. The first kappa shape index (κ1) is 22.6. The maximum atomic E-state index is 12.4. The van der Waals surface area contributed by atoms with Gasteiger partial charge in [0.15, 0.2) is 22.5 Å². The van der Waals surface area contributed by atoms with Gasteiger partial charge in [-0.3, -0.25) is 4.79 Å². The summed E-state index contributed by atoms with van der Waals surface area (Å²) < 4.78 is 14.8. The van der Waals surface area contributed by atoms with E-state index in [0.717, 1.165) is 8.95 Å². The Balaban J connectivity index is 1.61. The molecule has 0 unspecified atom stereocenters. The van der Waals surface area contributed by atoms with Gasteiger partial charge in [0.05, 0.1) is 18.6 Å². The molecule has 1 amide bonds. The van der Waals surface area contributed by atoms with E-state index in [9.17, 15) is 4.79 Å². The average molecular weight is 556 g/mol. The third-order valence-corrected chi connectivity index (χ3v) is 6.22. The normalized spacial score (nSPS) is 10.7. The number of rotatable bonds is 9. The fourth-order valence-corrected chi connectivity index (χ4v) is 4.17. The van der Waals surface area contributed by atoms with Crippen LogP contribution in [0.2, 0.25) is 0 Å². The quantitative estimate of drug-likeness (QED) is 0.368. The van der Waals surface area contributed by atoms with Crippen molar-refractivity contribution in [1.29, 1.82) is 0 Å². The molecule has 7 nitrogen and oxygen atoms in total. The first-order chi connectivity index (χ1) is 14.5.